The molecule has 1 amide bonds. The normalized spacial score (nSPS) is 13.6. The Labute approximate surface area is 160 Å². The van der Waals surface area contributed by atoms with Gasteiger partial charge in [0.25, 0.3) is 11.6 Å². The smallest absolute Gasteiger partial charge is 0.270 e. The molecule has 0 spiro atoms. The molecule has 0 saturated heterocycles. The predicted octanol–water partition coefficient (Wildman–Crippen LogP) is 4.30. The summed E-state index contributed by atoms with van der Waals surface area (Å²) in [6, 6.07) is 12.0. The number of carbonyl (C=O) groups is 1. The van der Waals surface area contributed by atoms with Crippen molar-refractivity contribution in [2.24, 2.45) is 4.99 Å². The third kappa shape index (κ3) is 4.05. The fourth-order valence-electron chi connectivity index (χ4n) is 2.51. The number of aliphatic imine (C=N–C) groups is 1. The third-order valence-electron chi connectivity index (χ3n) is 3.93. The minimum atomic E-state index is -0.543. The highest BCUT2D eigenvalue weighted by Crippen LogP contribution is 2.27. The Bertz CT molecular complexity index is 884. The summed E-state index contributed by atoms with van der Waals surface area (Å²) >= 11 is 7.56. The molecule has 3 rings (SSSR count). The Morgan fingerprint density at radius 1 is 1.31 bits per heavy atom. The zero-order valence-electron chi connectivity index (χ0n) is 14.0. The van der Waals surface area contributed by atoms with Crippen LogP contribution in [0.2, 0.25) is 5.02 Å². The third-order valence-corrected chi connectivity index (χ3v) is 5.34. The topological polar surface area (TPSA) is 75.8 Å². The van der Waals surface area contributed by atoms with Crippen molar-refractivity contribution in [2.75, 3.05) is 13.1 Å². The number of rotatable bonds is 4. The van der Waals surface area contributed by atoms with Gasteiger partial charge in [-0.2, -0.15) is 0 Å². The highest BCUT2D eigenvalue weighted by molar-refractivity contribution is 8.13. The molecule has 0 bridgehead atoms. The second-order valence-electron chi connectivity index (χ2n) is 5.82. The molecule has 8 heteroatoms. The predicted molar refractivity (Wildman–Crippen MR) is 104 cm³/mol. The number of nitro benzene ring substituents is 1. The van der Waals surface area contributed by atoms with Crippen LogP contribution in [0.3, 0.4) is 0 Å². The highest BCUT2D eigenvalue weighted by atomic mass is 35.5. The van der Waals surface area contributed by atoms with Gasteiger partial charge < -0.3 is 0 Å². The Hall–Kier alpha value is -2.38. The molecule has 1 aliphatic heterocycles. The molecule has 1 aliphatic rings. The first kappa shape index (κ1) is 18.4. The van der Waals surface area contributed by atoms with Crippen LogP contribution in [0.4, 0.5) is 5.69 Å². The van der Waals surface area contributed by atoms with Gasteiger partial charge in [-0.3, -0.25) is 24.8 Å². The lowest BCUT2D eigenvalue weighted by Crippen LogP contribution is -2.33. The van der Waals surface area contributed by atoms with Crippen molar-refractivity contribution >= 4 is 40.1 Å². The second kappa shape index (κ2) is 7.88. The van der Waals surface area contributed by atoms with E-state index >= 15 is 0 Å². The van der Waals surface area contributed by atoms with Crippen LogP contribution in [-0.4, -0.2) is 34.0 Å². The molecular weight excluding hydrogens is 374 g/mol. The van der Waals surface area contributed by atoms with E-state index in [4.69, 9.17) is 11.6 Å². The zero-order valence-corrected chi connectivity index (χ0v) is 15.6. The molecular formula is C18H16ClN3O3S. The largest absolute Gasteiger partial charge is 0.286 e. The number of nitro groups is 1. The minimum Gasteiger partial charge on any atom is -0.286 e. The van der Waals surface area contributed by atoms with E-state index in [1.54, 1.807) is 0 Å². The molecule has 0 fully saturated rings. The quantitative estimate of drug-likeness (QED) is 0.577. The van der Waals surface area contributed by atoms with E-state index in [9.17, 15) is 14.9 Å². The number of halogens is 1. The number of hydrogen-bond acceptors (Lipinski definition) is 5. The summed E-state index contributed by atoms with van der Waals surface area (Å²) < 4.78 is 0. The van der Waals surface area contributed by atoms with Crippen molar-refractivity contribution in [1.82, 2.24) is 4.90 Å². The number of nitrogens with zero attached hydrogens (tertiary/aromatic N) is 3. The van der Waals surface area contributed by atoms with Gasteiger partial charge in [0.1, 0.15) is 0 Å². The lowest BCUT2D eigenvalue weighted by molar-refractivity contribution is -0.384. The molecule has 2 aromatic rings. The van der Waals surface area contributed by atoms with E-state index in [0.29, 0.717) is 24.0 Å². The van der Waals surface area contributed by atoms with Crippen LogP contribution in [0, 0.1) is 17.0 Å². The van der Waals surface area contributed by atoms with E-state index < -0.39 is 4.92 Å². The summed E-state index contributed by atoms with van der Waals surface area (Å²) in [7, 11) is 0. The summed E-state index contributed by atoms with van der Waals surface area (Å²) in [5.41, 5.74) is 2.28. The van der Waals surface area contributed by atoms with E-state index in [1.165, 1.54) is 40.4 Å². The molecule has 0 aliphatic carbocycles. The first-order valence-corrected chi connectivity index (χ1v) is 9.30. The van der Waals surface area contributed by atoms with Crippen LogP contribution in [0.5, 0.6) is 0 Å². The molecule has 6 nitrogen and oxygen atoms in total. The van der Waals surface area contributed by atoms with Crippen molar-refractivity contribution in [1.29, 1.82) is 0 Å². The number of amidine groups is 1. The van der Waals surface area contributed by atoms with Gasteiger partial charge in [-0.1, -0.05) is 53.2 Å². The lowest BCUT2D eigenvalue weighted by atomic mass is 10.2. The van der Waals surface area contributed by atoms with Crippen molar-refractivity contribution in [3.63, 3.8) is 0 Å². The van der Waals surface area contributed by atoms with Crippen LogP contribution in [-0.2, 0) is 5.75 Å². The van der Waals surface area contributed by atoms with Crippen molar-refractivity contribution in [2.45, 2.75) is 12.7 Å². The van der Waals surface area contributed by atoms with E-state index in [1.807, 2.05) is 31.2 Å². The molecule has 1 heterocycles. The Morgan fingerprint density at radius 2 is 2.04 bits per heavy atom. The summed E-state index contributed by atoms with van der Waals surface area (Å²) in [4.78, 5) is 29.2. The van der Waals surface area contributed by atoms with E-state index in [0.717, 1.165) is 5.56 Å². The van der Waals surface area contributed by atoms with Gasteiger partial charge >= 0.3 is 0 Å². The fraction of sp³-hybridized carbons (Fsp3) is 0.222. The maximum Gasteiger partial charge on any atom is 0.270 e. The number of benzene rings is 2. The van der Waals surface area contributed by atoms with Crippen molar-refractivity contribution in [3.8, 4) is 0 Å². The van der Waals surface area contributed by atoms with Gasteiger partial charge in [0.2, 0.25) is 0 Å². The second-order valence-corrected chi connectivity index (χ2v) is 7.17. The molecule has 0 aromatic heterocycles. The van der Waals surface area contributed by atoms with Gasteiger partial charge in [0.05, 0.1) is 22.1 Å². The van der Waals surface area contributed by atoms with Crippen molar-refractivity contribution in [3.05, 3.63) is 74.3 Å². The Balaban J connectivity index is 1.75. The molecule has 0 radical (unpaired) electrons. The number of aryl methyl sites for hydroxylation is 1. The van der Waals surface area contributed by atoms with Crippen LogP contribution in [0.15, 0.2) is 47.5 Å². The van der Waals surface area contributed by atoms with Crippen LogP contribution >= 0.6 is 23.4 Å². The number of carbonyl (C=O) groups excluding carboxylic acids is 1. The maximum atomic E-state index is 12.8. The molecule has 134 valence electrons. The molecule has 26 heavy (non-hydrogen) atoms. The van der Waals surface area contributed by atoms with E-state index in [-0.39, 0.29) is 22.2 Å². The molecule has 0 atom stereocenters. The summed E-state index contributed by atoms with van der Waals surface area (Å²) in [5.74, 6) is 0.317. The minimum absolute atomic E-state index is 0.117. The summed E-state index contributed by atoms with van der Waals surface area (Å²) in [6.07, 6.45) is 0. The molecule has 0 N–H and O–H groups in total. The Morgan fingerprint density at radius 3 is 2.73 bits per heavy atom. The number of amides is 1. The lowest BCUT2D eigenvalue weighted by Gasteiger charge is -2.18. The Kier molecular flexibility index (Phi) is 5.58. The fourth-order valence-corrected chi connectivity index (χ4v) is 3.71. The monoisotopic (exact) mass is 389 g/mol. The number of hydrogen-bond donors (Lipinski definition) is 0. The van der Waals surface area contributed by atoms with Gasteiger partial charge in [0, 0.05) is 24.4 Å². The van der Waals surface area contributed by atoms with Crippen LogP contribution < -0.4 is 0 Å². The molecule has 2 aromatic carbocycles. The van der Waals surface area contributed by atoms with E-state index in [2.05, 4.69) is 4.99 Å². The SMILES string of the molecule is Cc1ccc(CSC2=NCCN2C(=O)c2cc([N+](=O)[O-])ccc2Cl)cc1. The zero-order chi connectivity index (χ0) is 18.7. The van der Waals surface area contributed by atoms with Crippen LogP contribution in [0.25, 0.3) is 0 Å². The van der Waals surface area contributed by atoms with Gasteiger partial charge in [-0.15, -0.1) is 0 Å². The van der Waals surface area contributed by atoms with Gasteiger partial charge in [-0.05, 0) is 18.6 Å². The standard InChI is InChI=1S/C18H16ClN3O3S/c1-12-2-4-13(5-3-12)11-26-18-20-8-9-21(18)17(23)15-10-14(22(24)25)6-7-16(15)19/h2-7,10H,8-9,11H2,1H3. The number of non-ortho nitro benzene ring substituents is 1. The average Bonchev–Trinajstić information content (AvgIpc) is 3.09. The maximum absolute atomic E-state index is 12.8. The van der Waals surface area contributed by atoms with Gasteiger partial charge in [-0.25, -0.2) is 0 Å². The highest BCUT2D eigenvalue weighted by Gasteiger charge is 2.27. The van der Waals surface area contributed by atoms with Crippen LogP contribution in [0.1, 0.15) is 21.5 Å². The molecule has 0 saturated carbocycles. The molecule has 0 unspecified atom stereocenters. The van der Waals surface area contributed by atoms with Crippen molar-refractivity contribution < 1.29 is 9.72 Å². The first-order chi connectivity index (χ1) is 12.5. The first-order valence-electron chi connectivity index (χ1n) is 7.94. The number of thioether (sulfide) groups is 1. The average molecular weight is 390 g/mol. The summed E-state index contributed by atoms with van der Waals surface area (Å²) in [6.45, 7) is 2.98. The summed E-state index contributed by atoms with van der Waals surface area (Å²) in [5, 5.41) is 11.8. The van der Waals surface area contributed by atoms with Gasteiger partial charge in [0.15, 0.2) is 5.17 Å².